The average molecular weight is 495 g/mol. The average Bonchev–Trinajstić information content (AvgIpc) is 2.94. The molecule has 1 aromatic carbocycles. The Morgan fingerprint density at radius 3 is 2.53 bits per heavy atom. The van der Waals surface area contributed by atoms with Gasteiger partial charge in [-0.25, -0.2) is 9.59 Å². The van der Waals surface area contributed by atoms with Crippen molar-refractivity contribution in [2.24, 2.45) is 0 Å². The predicted molar refractivity (Wildman–Crippen MR) is 110 cm³/mol. The molecule has 1 saturated heterocycles. The Kier molecular flexibility index (Phi) is 8.78. The van der Waals surface area contributed by atoms with Crippen LogP contribution in [0.5, 0.6) is 0 Å². The number of urea groups is 2. The summed E-state index contributed by atoms with van der Waals surface area (Å²) in [7, 11) is 1.70. The van der Waals surface area contributed by atoms with Crippen molar-refractivity contribution < 1.29 is 27.5 Å². The molecule has 1 aliphatic rings. The van der Waals surface area contributed by atoms with Gasteiger partial charge in [-0.3, -0.25) is 0 Å². The molecule has 0 radical (unpaired) electrons. The molecule has 0 aliphatic carbocycles. The lowest BCUT2D eigenvalue weighted by Gasteiger charge is -2.27. The van der Waals surface area contributed by atoms with Gasteiger partial charge in [0.15, 0.2) is 0 Å². The Bertz CT molecular complexity index is 748. The summed E-state index contributed by atoms with van der Waals surface area (Å²) >= 11 is 2.88. The number of rotatable bonds is 5. The highest BCUT2D eigenvalue weighted by atomic mass is 79.9. The molecule has 0 unspecified atom stereocenters. The minimum absolute atomic E-state index is 0.0587. The van der Waals surface area contributed by atoms with Crippen molar-refractivity contribution >= 4 is 33.7 Å². The first kappa shape index (κ1) is 24.3. The van der Waals surface area contributed by atoms with Crippen LogP contribution in [0, 0.1) is 0 Å². The van der Waals surface area contributed by atoms with E-state index in [4.69, 9.17) is 4.74 Å². The quantitative estimate of drug-likeness (QED) is 0.626. The van der Waals surface area contributed by atoms with Crippen molar-refractivity contribution in [3.05, 3.63) is 28.2 Å². The summed E-state index contributed by atoms with van der Waals surface area (Å²) in [4.78, 5) is 29.8. The summed E-state index contributed by atoms with van der Waals surface area (Å²) in [6, 6.07) is 2.91. The largest absolute Gasteiger partial charge is 0.417 e. The fourth-order valence-electron chi connectivity index (χ4n) is 3.02. The molecule has 0 saturated carbocycles. The number of nitrogens with one attached hydrogen (secondary N) is 1. The number of hydrogen-bond donors (Lipinski definition) is 1. The molecule has 0 spiro atoms. The molecule has 1 heterocycles. The van der Waals surface area contributed by atoms with E-state index in [9.17, 15) is 22.8 Å². The summed E-state index contributed by atoms with van der Waals surface area (Å²) in [6.07, 6.45) is -3.95. The Labute approximate surface area is 182 Å². The van der Waals surface area contributed by atoms with E-state index in [-0.39, 0.29) is 16.2 Å². The van der Waals surface area contributed by atoms with E-state index >= 15 is 0 Å². The van der Waals surface area contributed by atoms with E-state index in [1.807, 2.05) is 6.92 Å². The zero-order valence-electron chi connectivity index (χ0n) is 17.0. The number of carbonyl (C=O) groups is 2. The zero-order chi connectivity index (χ0) is 22.3. The highest BCUT2D eigenvalue weighted by Crippen LogP contribution is 2.36. The molecule has 11 heteroatoms. The van der Waals surface area contributed by atoms with E-state index in [1.54, 1.807) is 16.8 Å². The van der Waals surface area contributed by atoms with Crippen molar-refractivity contribution in [3.63, 3.8) is 0 Å². The minimum Gasteiger partial charge on any atom is -0.380 e. The smallest absolute Gasteiger partial charge is 0.380 e. The number of nitrogens with zero attached hydrogens (tertiary/aromatic N) is 3. The fraction of sp³-hybridized carbons (Fsp3) is 0.579. The van der Waals surface area contributed by atoms with Gasteiger partial charge in [-0.2, -0.15) is 13.2 Å². The summed E-state index contributed by atoms with van der Waals surface area (Å²) in [5, 5.41) is 2.52. The predicted octanol–water partition coefficient (Wildman–Crippen LogP) is 4.10. The first-order valence-electron chi connectivity index (χ1n) is 9.64. The molecule has 4 amide bonds. The molecular formula is C19H26BrF3N4O3. The maximum absolute atomic E-state index is 13.1. The number of amides is 4. The van der Waals surface area contributed by atoms with E-state index < -0.39 is 17.8 Å². The molecular weight excluding hydrogens is 469 g/mol. The Balaban J connectivity index is 1.94. The van der Waals surface area contributed by atoms with Gasteiger partial charge in [0.1, 0.15) is 0 Å². The molecule has 1 aliphatic heterocycles. The van der Waals surface area contributed by atoms with Crippen molar-refractivity contribution in [3.8, 4) is 0 Å². The van der Waals surface area contributed by atoms with Gasteiger partial charge in [-0.05, 0) is 31.5 Å². The molecule has 0 bridgehead atoms. The second-order valence-electron chi connectivity index (χ2n) is 6.85. The van der Waals surface area contributed by atoms with Crippen molar-refractivity contribution in [1.82, 2.24) is 14.7 Å². The number of halogens is 4. The first-order chi connectivity index (χ1) is 14.1. The number of ether oxygens (including phenoxy) is 1. The monoisotopic (exact) mass is 494 g/mol. The third-order valence-corrected chi connectivity index (χ3v) is 5.37. The van der Waals surface area contributed by atoms with Crippen molar-refractivity contribution in [2.45, 2.75) is 19.5 Å². The Morgan fingerprint density at radius 1 is 1.20 bits per heavy atom. The van der Waals surface area contributed by atoms with Crippen LogP contribution < -0.4 is 5.32 Å². The van der Waals surface area contributed by atoms with E-state index in [1.165, 1.54) is 17.0 Å². The highest BCUT2D eigenvalue weighted by molar-refractivity contribution is 9.10. The molecule has 168 valence electrons. The maximum Gasteiger partial charge on any atom is 0.417 e. The summed E-state index contributed by atoms with van der Waals surface area (Å²) < 4.78 is 44.3. The Morgan fingerprint density at radius 2 is 1.87 bits per heavy atom. The number of anilines is 1. The molecule has 2 rings (SSSR count). The zero-order valence-corrected chi connectivity index (χ0v) is 18.6. The topological polar surface area (TPSA) is 65.1 Å². The lowest BCUT2D eigenvalue weighted by Crippen LogP contribution is -2.44. The molecule has 0 atom stereocenters. The van der Waals surface area contributed by atoms with Crippen molar-refractivity contribution in [1.29, 1.82) is 0 Å². The summed E-state index contributed by atoms with van der Waals surface area (Å²) in [5.74, 6) is 0. The van der Waals surface area contributed by atoms with Gasteiger partial charge in [-0.15, -0.1) is 0 Å². The van der Waals surface area contributed by atoms with Gasteiger partial charge in [0, 0.05) is 56.5 Å². The van der Waals surface area contributed by atoms with E-state index in [0.29, 0.717) is 52.4 Å². The van der Waals surface area contributed by atoms with Crippen LogP contribution in [0.25, 0.3) is 0 Å². The van der Waals surface area contributed by atoms with Gasteiger partial charge in [0.2, 0.25) is 0 Å². The van der Waals surface area contributed by atoms with Gasteiger partial charge >= 0.3 is 18.2 Å². The number of likely N-dealkylation sites (N-methyl/N-ethyl adjacent to an activating group) is 1. The third-order valence-electron chi connectivity index (χ3n) is 4.68. The lowest BCUT2D eigenvalue weighted by molar-refractivity contribution is -0.138. The van der Waals surface area contributed by atoms with E-state index in [0.717, 1.165) is 6.07 Å². The van der Waals surface area contributed by atoms with Gasteiger partial charge in [-0.1, -0.05) is 15.9 Å². The lowest BCUT2D eigenvalue weighted by atomic mass is 10.2. The summed E-state index contributed by atoms with van der Waals surface area (Å²) in [5.41, 5.74) is -0.800. The third kappa shape index (κ3) is 6.76. The van der Waals surface area contributed by atoms with Gasteiger partial charge in [0.05, 0.1) is 12.2 Å². The van der Waals surface area contributed by atoms with Crippen LogP contribution in [-0.2, 0) is 10.9 Å². The fourth-order valence-corrected chi connectivity index (χ4v) is 3.49. The van der Waals surface area contributed by atoms with Crippen LogP contribution in [0.3, 0.4) is 0 Å². The van der Waals surface area contributed by atoms with Crippen LogP contribution >= 0.6 is 15.9 Å². The molecule has 1 fully saturated rings. The number of hydrogen-bond acceptors (Lipinski definition) is 3. The van der Waals surface area contributed by atoms with Crippen LogP contribution in [0.4, 0.5) is 28.4 Å². The SMILES string of the molecule is CCOCCN(C)C(=O)N1CCCN(C(=O)Nc2ccc(Br)c(C(F)(F)F)c2)CC1. The number of alkyl halides is 3. The Hall–Kier alpha value is -2.01. The summed E-state index contributed by atoms with van der Waals surface area (Å²) in [6.45, 7) is 4.93. The van der Waals surface area contributed by atoms with Gasteiger partial charge < -0.3 is 24.8 Å². The molecule has 7 nitrogen and oxygen atoms in total. The highest BCUT2D eigenvalue weighted by Gasteiger charge is 2.33. The molecule has 30 heavy (non-hydrogen) atoms. The minimum atomic E-state index is -4.53. The number of carbonyl (C=O) groups excluding carboxylic acids is 2. The normalized spacial score (nSPS) is 15.0. The molecule has 0 aromatic heterocycles. The van der Waals surface area contributed by atoms with Crippen LogP contribution in [0.15, 0.2) is 22.7 Å². The second-order valence-corrected chi connectivity index (χ2v) is 7.71. The molecule has 1 N–H and O–H groups in total. The van der Waals surface area contributed by atoms with Crippen molar-refractivity contribution in [2.75, 3.05) is 58.3 Å². The van der Waals surface area contributed by atoms with Crippen LogP contribution in [-0.4, -0.2) is 79.7 Å². The van der Waals surface area contributed by atoms with Crippen LogP contribution in [0.2, 0.25) is 0 Å². The first-order valence-corrected chi connectivity index (χ1v) is 10.4. The second kappa shape index (κ2) is 10.9. The van der Waals surface area contributed by atoms with E-state index in [2.05, 4.69) is 21.2 Å². The molecule has 1 aromatic rings. The maximum atomic E-state index is 13.1. The standard InChI is InChI=1S/C19H26BrF3N4O3/c1-3-30-12-11-25(2)18(29)27-8-4-7-26(9-10-27)17(28)24-14-5-6-16(20)15(13-14)19(21,22)23/h5-6,13H,3-4,7-12H2,1-2H3,(H,24,28). The van der Waals surface area contributed by atoms with Gasteiger partial charge in [0.25, 0.3) is 0 Å². The van der Waals surface area contributed by atoms with Crippen LogP contribution in [0.1, 0.15) is 18.9 Å². The number of benzene rings is 1.